The van der Waals surface area contributed by atoms with Gasteiger partial charge in [0.2, 0.25) is 0 Å². The first-order chi connectivity index (χ1) is 13.0. The van der Waals surface area contributed by atoms with Crippen molar-refractivity contribution in [1.82, 2.24) is 25.2 Å². The van der Waals surface area contributed by atoms with E-state index in [0.717, 1.165) is 22.1 Å². The molecule has 0 aliphatic carbocycles. The number of rotatable bonds is 5. The van der Waals surface area contributed by atoms with Gasteiger partial charge in [-0.25, -0.2) is 14.4 Å². The Morgan fingerprint density at radius 3 is 2.54 bits per heavy atom. The topological polar surface area (TPSA) is 67.1 Å². The fourth-order valence-electron chi connectivity index (χ4n) is 2.67. The van der Waals surface area contributed by atoms with Crippen LogP contribution < -0.4 is 10.6 Å². The Bertz CT molecular complexity index is 946. The second-order valence-corrected chi connectivity index (χ2v) is 7.45. The molecule has 3 rings (SSSR count). The number of benzene rings is 1. The first kappa shape index (κ1) is 22.3. The third-order valence-electron chi connectivity index (χ3n) is 4.26. The van der Waals surface area contributed by atoms with Gasteiger partial charge in [-0.05, 0) is 38.5 Å². The fraction of sp³-hybridized carbons (Fsp3) is 0.316. The number of guanidine groups is 1. The van der Waals surface area contributed by atoms with Crippen LogP contribution in [0.25, 0.3) is 5.69 Å². The predicted molar refractivity (Wildman–Crippen MR) is 122 cm³/mol. The molecule has 6 nitrogen and oxygen atoms in total. The Balaban J connectivity index is 0.00000280. The number of halogens is 2. The molecule has 0 radical (unpaired) electrons. The van der Waals surface area contributed by atoms with Gasteiger partial charge in [-0.1, -0.05) is 6.07 Å². The van der Waals surface area contributed by atoms with E-state index in [2.05, 4.69) is 32.5 Å². The van der Waals surface area contributed by atoms with Crippen molar-refractivity contribution in [2.45, 2.75) is 33.9 Å². The van der Waals surface area contributed by atoms with Crippen molar-refractivity contribution in [1.29, 1.82) is 0 Å². The maximum Gasteiger partial charge on any atom is 0.191 e. The number of hydrogen-bond donors (Lipinski definition) is 2. The molecule has 0 saturated carbocycles. The lowest BCUT2D eigenvalue weighted by Crippen LogP contribution is -2.36. The molecule has 9 heteroatoms. The summed E-state index contributed by atoms with van der Waals surface area (Å²) in [4.78, 5) is 14.1. The SMILES string of the molecule is CN=C(NCc1ccc(-n2ccnc2C)c(F)c1)NCc1nc(C)c(C)s1.I. The summed E-state index contributed by atoms with van der Waals surface area (Å²) < 4.78 is 16.2. The van der Waals surface area contributed by atoms with Crippen molar-refractivity contribution in [3.05, 3.63) is 63.4 Å². The van der Waals surface area contributed by atoms with Crippen LogP contribution in [0.5, 0.6) is 0 Å². The quantitative estimate of drug-likeness (QED) is 0.308. The van der Waals surface area contributed by atoms with Crippen LogP contribution >= 0.6 is 35.3 Å². The van der Waals surface area contributed by atoms with Crippen LogP contribution in [0.4, 0.5) is 4.39 Å². The summed E-state index contributed by atoms with van der Waals surface area (Å²) in [5, 5.41) is 7.45. The van der Waals surface area contributed by atoms with Crippen molar-refractivity contribution < 1.29 is 4.39 Å². The molecular weight excluding hydrogens is 490 g/mol. The smallest absolute Gasteiger partial charge is 0.191 e. The van der Waals surface area contributed by atoms with Crippen molar-refractivity contribution in [2.75, 3.05) is 7.05 Å². The summed E-state index contributed by atoms with van der Waals surface area (Å²) in [6.07, 6.45) is 3.41. The van der Waals surface area contributed by atoms with Crippen LogP contribution in [0.15, 0.2) is 35.6 Å². The maximum absolute atomic E-state index is 14.5. The Labute approximate surface area is 185 Å². The summed E-state index contributed by atoms with van der Waals surface area (Å²) in [7, 11) is 1.71. The minimum Gasteiger partial charge on any atom is -0.352 e. The Hall–Kier alpha value is -2.01. The zero-order valence-corrected chi connectivity index (χ0v) is 19.4. The van der Waals surface area contributed by atoms with Gasteiger partial charge < -0.3 is 15.2 Å². The van der Waals surface area contributed by atoms with E-state index < -0.39 is 0 Å². The first-order valence-corrected chi connectivity index (χ1v) is 9.45. The number of nitrogens with one attached hydrogen (secondary N) is 2. The van der Waals surface area contributed by atoms with E-state index in [1.54, 1.807) is 41.4 Å². The van der Waals surface area contributed by atoms with Gasteiger partial charge in [-0.15, -0.1) is 35.3 Å². The predicted octanol–water partition coefficient (Wildman–Crippen LogP) is 3.88. The van der Waals surface area contributed by atoms with Crippen LogP contribution in [0.1, 0.15) is 27.0 Å². The summed E-state index contributed by atoms with van der Waals surface area (Å²) >= 11 is 1.67. The van der Waals surface area contributed by atoms with E-state index in [-0.39, 0.29) is 29.8 Å². The van der Waals surface area contributed by atoms with Gasteiger partial charge in [0, 0.05) is 30.9 Å². The van der Waals surface area contributed by atoms with Gasteiger partial charge in [-0.2, -0.15) is 0 Å². The highest BCUT2D eigenvalue weighted by atomic mass is 127. The number of imidazole rings is 1. The fourth-order valence-corrected chi connectivity index (χ4v) is 3.54. The molecule has 2 N–H and O–H groups in total. The highest BCUT2D eigenvalue weighted by Crippen LogP contribution is 2.17. The summed E-state index contributed by atoms with van der Waals surface area (Å²) in [5.74, 6) is 1.11. The Morgan fingerprint density at radius 2 is 1.96 bits per heavy atom. The summed E-state index contributed by atoms with van der Waals surface area (Å²) in [5.41, 5.74) is 2.38. The van der Waals surface area contributed by atoms with Gasteiger partial charge in [0.05, 0.1) is 17.9 Å². The lowest BCUT2D eigenvalue weighted by Gasteiger charge is -2.12. The molecule has 0 aliphatic heterocycles. The summed E-state index contributed by atoms with van der Waals surface area (Å²) in [6.45, 7) is 6.98. The Morgan fingerprint density at radius 1 is 1.21 bits per heavy atom. The minimum atomic E-state index is -0.285. The molecule has 0 bridgehead atoms. The number of nitrogens with zero attached hydrogens (tertiary/aromatic N) is 4. The molecule has 0 saturated heterocycles. The minimum absolute atomic E-state index is 0. The van der Waals surface area contributed by atoms with E-state index in [4.69, 9.17) is 0 Å². The van der Waals surface area contributed by atoms with Crippen LogP contribution in [0.2, 0.25) is 0 Å². The van der Waals surface area contributed by atoms with Crippen molar-refractivity contribution in [2.24, 2.45) is 4.99 Å². The highest BCUT2D eigenvalue weighted by Gasteiger charge is 2.09. The number of hydrogen-bond acceptors (Lipinski definition) is 4. The van der Waals surface area contributed by atoms with E-state index in [1.165, 1.54) is 10.9 Å². The third kappa shape index (κ3) is 5.28. The molecule has 3 aromatic rings. The lowest BCUT2D eigenvalue weighted by atomic mass is 10.2. The number of aryl methyl sites for hydroxylation is 3. The second-order valence-electron chi connectivity index (χ2n) is 6.16. The molecule has 0 atom stereocenters. The Kier molecular flexibility index (Phi) is 7.93. The lowest BCUT2D eigenvalue weighted by molar-refractivity contribution is 0.613. The molecule has 28 heavy (non-hydrogen) atoms. The molecule has 150 valence electrons. The van der Waals surface area contributed by atoms with Crippen LogP contribution in [-0.4, -0.2) is 27.5 Å². The highest BCUT2D eigenvalue weighted by molar-refractivity contribution is 14.0. The monoisotopic (exact) mass is 514 g/mol. The van der Waals surface area contributed by atoms with E-state index in [9.17, 15) is 4.39 Å². The number of thiazole rings is 1. The van der Waals surface area contributed by atoms with E-state index in [1.807, 2.05) is 19.9 Å². The molecule has 0 aliphatic rings. The molecule has 2 aromatic heterocycles. The zero-order valence-electron chi connectivity index (χ0n) is 16.3. The number of aromatic nitrogens is 3. The molecule has 0 spiro atoms. The molecule has 0 unspecified atom stereocenters. The average molecular weight is 514 g/mol. The van der Waals surface area contributed by atoms with Crippen LogP contribution in [0.3, 0.4) is 0 Å². The standard InChI is InChI=1S/C19H23FN6S.HI/c1-12-13(2)27-18(25-12)11-24-19(21-4)23-10-15-5-6-17(16(20)9-15)26-8-7-22-14(26)3;/h5-9H,10-11H2,1-4H3,(H2,21,23,24);1H. The third-order valence-corrected chi connectivity index (χ3v) is 5.33. The normalized spacial score (nSPS) is 11.2. The van der Waals surface area contributed by atoms with Crippen LogP contribution in [0, 0.1) is 26.6 Å². The van der Waals surface area contributed by atoms with Crippen LogP contribution in [-0.2, 0) is 13.1 Å². The second kappa shape index (κ2) is 9.97. The average Bonchev–Trinajstić information content (AvgIpc) is 3.20. The summed E-state index contributed by atoms with van der Waals surface area (Å²) in [6, 6.07) is 5.19. The molecular formula is C19H24FIN6S. The van der Waals surface area contributed by atoms with Gasteiger partial charge in [0.1, 0.15) is 16.6 Å². The van der Waals surface area contributed by atoms with Gasteiger partial charge >= 0.3 is 0 Å². The zero-order chi connectivity index (χ0) is 19.4. The molecule has 2 heterocycles. The van der Waals surface area contributed by atoms with Gasteiger partial charge in [0.15, 0.2) is 5.96 Å². The number of aliphatic imine (C=N–C) groups is 1. The molecule has 0 fully saturated rings. The van der Waals surface area contributed by atoms with Crippen molar-refractivity contribution in [3.63, 3.8) is 0 Å². The van der Waals surface area contributed by atoms with E-state index >= 15 is 0 Å². The first-order valence-electron chi connectivity index (χ1n) is 8.64. The van der Waals surface area contributed by atoms with Crippen molar-refractivity contribution in [3.8, 4) is 5.69 Å². The van der Waals surface area contributed by atoms with E-state index in [0.29, 0.717) is 24.7 Å². The van der Waals surface area contributed by atoms with Gasteiger partial charge in [-0.3, -0.25) is 4.99 Å². The molecule has 1 aromatic carbocycles. The largest absolute Gasteiger partial charge is 0.352 e. The van der Waals surface area contributed by atoms with Gasteiger partial charge in [0.25, 0.3) is 0 Å². The molecule has 0 amide bonds. The maximum atomic E-state index is 14.5. The van der Waals surface area contributed by atoms with Crippen molar-refractivity contribution >= 4 is 41.3 Å².